The number of nitrogens with one attached hydrogen (secondary N) is 1. The maximum Gasteiger partial charge on any atom is 0.366 e. The predicted molar refractivity (Wildman–Crippen MR) is 23.8 cm³/mol. The van der Waals surface area contributed by atoms with Gasteiger partial charge >= 0.3 is 12.1 Å². The molecule has 4 amide bonds. The van der Waals surface area contributed by atoms with Crippen LogP contribution >= 0.6 is 0 Å². The summed E-state index contributed by atoms with van der Waals surface area (Å²) in [4.78, 5) is 20.4. The van der Waals surface area contributed by atoms with E-state index in [1.54, 1.807) is 0 Å². The smallest absolute Gasteiger partial charge is 0.244 e. The summed E-state index contributed by atoms with van der Waals surface area (Å²) in [7, 11) is 1.43. The molecule has 5 heteroatoms. The molecule has 0 aromatic heterocycles. The van der Waals surface area contributed by atoms with Crippen molar-refractivity contribution in [2.24, 2.45) is 0 Å². The zero-order valence-corrected chi connectivity index (χ0v) is 4.21. The van der Waals surface area contributed by atoms with Crippen LogP contribution in [0.1, 0.15) is 0 Å². The fourth-order valence-electron chi connectivity index (χ4n) is 0.378. The number of carbonyl (C=O) groups excluding carboxylic acids is 2. The minimum Gasteiger partial charge on any atom is -0.244 e. The van der Waals surface area contributed by atoms with Crippen LogP contribution in [0.25, 0.3) is 0 Å². The molecule has 1 fully saturated rings. The van der Waals surface area contributed by atoms with Gasteiger partial charge in [-0.15, -0.1) is 5.32 Å². The van der Waals surface area contributed by atoms with E-state index < -0.39 is 12.1 Å². The summed E-state index contributed by atoms with van der Waals surface area (Å²) in [6.45, 7) is 0. The molecular weight excluding hydrogens is 110 g/mol. The van der Waals surface area contributed by atoms with Crippen molar-refractivity contribution in [3.8, 4) is 0 Å². The van der Waals surface area contributed by atoms with Crippen LogP contribution in [0.4, 0.5) is 9.59 Å². The average molecular weight is 114 g/mol. The Morgan fingerprint density at radius 3 is 2.38 bits per heavy atom. The summed E-state index contributed by atoms with van der Waals surface area (Å²) >= 11 is 0. The van der Waals surface area contributed by atoms with Gasteiger partial charge in [0.25, 0.3) is 0 Å². The Hall–Kier alpha value is -1.26. The van der Waals surface area contributed by atoms with Crippen molar-refractivity contribution in [3.05, 3.63) is 0 Å². The third-order valence-corrected chi connectivity index (χ3v) is 0.747. The van der Waals surface area contributed by atoms with Gasteiger partial charge in [0.2, 0.25) is 0 Å². The number of rotatable bonds is 0. The van der Waals surface area contributed by atoms with Gasteiger partial charge in [0.1, 0.15) is 0 Å². The van der Waals surface area contributed by atoms with Gasteiger partial charge < -0.3 is 0 Å². The van der Waals surface area contributed by atoms with Crippen molar-refractivity contribution in [3.63, 3.8) is 0 Å². The Bertz CT molecular complexity index is 143. The molecule has 0 aromatic rings. The second kappa shape index (κ2) is 1.36. The molecule has 1 saturated heterocycles. The molecule has 1 aliphatic rings. The Labute approximate surface area is 45.6 Å². The third-order valence-electron chi connectivity index (χ3n) is 0.747. The molecule has 0 aromatic carbocycles. The summed E-state index contributed by atoms with van der Waals surface area (Å²) in [5.74, 6) is 0. The van der Waals surface area contributed by atoms with E-state index >= 15 is 0 Å². The highest BCUT2D eigenvalue weighted by atomic mass is 16.2. The van der Waals surface area contributed by atoms with E-state index in [2.05, 4.69) is 10.7 Å². The van der Waals surface area contributed by atoms with E-state index in [4.69, 9.17) is 0 Å². The van der Waals surface area contributed by atoms with Crippen LogP contribution in [0.2, 0.25) is 0 Å². The molecule has 1 radical (unpaired) electrons. The van der Waals surface area contributed by atoms with Gasteiger partial charge in [-0.1, -0.05) is 0 Å². The number of hydrogen-bond acceptors (Lipinski definition) is 2. The van der Waals surface area contributed by atoms with E-state index in [9.17, 15) is 9.59 Å². The van der Waals surface area contributed by atoms with Crippen molar-refractivity contribution in [2.45, 2.75) is 0 Å². The fourth-order valence-corrected chi connectivity index (χ4v) is 0.378. The van der Waals surface area contributed by atoms with Gasteiger partial charge in [-0.2, -0.15) is 0 Å². The number of urea groups is 2. The molecule has 8 heavy (non-hydrogen) atoms. The molecule has 0 aliphatic carbocycles. The molecule has 0 atom stereocenters. The lowest BCUT2D eigenvalue weighted by molar-refractivity contribution is 0.212. The third kappa shape index (κ3) is 0.575. The van der Waals surface area contributed by atoms with Gasteiger partial charge in [-0.3, -0.25) is 0 Å². The fraction of sp³-hybridized carbons (Fsp3) is 0.333. The number of imide groups is 1. The monoisotopic (exact) mass is 114 g/mol. The van der Waals surface area contributed by atoms with E-state index in [-0.39, 0.29) is 0 Å². The number of hydrogen-bond donors (Lipinski definition) is 1. The van der Waals surface area contributed by atoms with Gasteiger partial charge in [0.05, 0.1) is 0 Å². The van der Waals surface area contributed by atoms with Crippen molar-refractivity contribution >= 4 is 12.1 Å². The first-order chi connectivity index (χ1) is 3.70. The van der Waals surface area contributed by atoms with E-state index in [1.165, 1.54) is 7.05 Å². The lowest BCUT2D eigenvalue weighted by Gasteiger charge is -2.00. The van der Waals surface area contributed by atoms with Crippen LogP contribution in [-0.4, -0.2) is 24.1 Å². The molecule has 43 valence electrons. The number of carbonyl (C=O) groups is 2. The normalized spacial score (nSPS) is 18.4. The summed E-state index contributed by atoms with van der Waals surface area (Å²) in [5.41, 5.74) is 2.14. The van der Waals surface area contributed by atoms with Crippen molar-refractivity contribution in [1.82, 2.24) is 15.8 Å². The first-order valence-electron chi connectivity index (χ1n) is 2.00. The lowest BCUT2D eigenvalue weighted by atomic mass is 10.9. The van der Waals surface area contributed by atoms with Crippen molar-refractivity contribution in [1.29, 1.82) is 0 Å². The summed E-state index contributed by atoms with van der Waals surface area (Å²) in [6, 6.07) is -1.15. The second-order valence-electron chi connectivity index (χ2n) is 1.37. The first kappa shape index (κ1) is 4.89. The van der Waals surface area contributed by atoms with E-state index in [0.717, 1.165) is 5.01 Å². The highest BCUT2D eigenvalue weighted by molar-refractivity contribution is 5.98. The average Bonchev–Trinajstić information content (AvgIpc) is 1.85. The first-order valence-corrected chi connectivity index (χ1v) is 2.00. The standard InChI is InChI=1S/C3H4N3O2/c1-6-3(8)4-2(7)5-6/h1H3,(H,5,7). The van der Waals surface area contributed by atoms with Gasteiger partial charge in [-0.05, 0) is 0 Å². The molecule has 1 N–H and O–H groups in total. The van der Waals surface area contributed by atoms with Crippen LogP contribution < -0.4 is 10.7 Å². The van der Waals surface area contributed by atoms with Crippen LogP contribution in [0.5, 0.6) is 0 Å². The Morgan fingerprint density at radius 1 is 1.62 bits per heavy atom. The molecule has 0 spiro atoms. The number of amides is 4. The molecule has 1 rings (SSSR count). The Kier molecular flexibility index (Phi) is 0.831. The number of nitrogens with zero attached hydrogens (tertiary/aromatic N) is 2. The highest BCUT2D eigenvalue weighted by Gasteiger charge is 2.23. The topological polar surface area (TPSA) is 63.5 Å². The maximum atomic E-state index is 10.3. The molecule has 0 bridgehead atoms. The number of hydrazine groups is 1. The molecule has 1 aliphatic heterocycles. The minimum absolute atomic E-state index is 0.546. The van der Waals surface area contributed by atoms with Gasteiger partial charge in [0.15, 0.2) is 0 Å². The molecule has 0 saturated carbocycles. The van der Waals surface area contributed by atoms with Crippen LogP contribution in [-0.2, 0) is 0 Å². The molecule has 0 unspecified atom stereocenters. The van der Waals surface area contributed by atoms with Crippen LogP contribution in [0.15, 0.2) is 0 Å². The largest absolute Gasteiger partial charge is 0.366 e. The summed E-state index contributed by atoms with van der Waals surface area (Å²) < 4.78 is 0. The van der Waals surface area contributed by atoms with Crippen molar-refractivity contribution in [2.75, 3.05) is 7.05 Å². The lowest BCUT2D eigenvalue weighted by Crippen LogP contribution is -2.30. The second-order valence-corrected chi connectivity index (χ2v) is 1.37. The van der Waals surface area contributed by atoms with Crippen molar-refractivity contribution < 1.29 is 9.59 Å². The van der Waals surface area contributed by atoms with Crippen LogP contribution in [0, 0.1) is 0 Å². The summed E-state index contributed by atoms with van der Waals surface area (Å²) in [6.07, 6.45) is 0. The minimum atomic E-state index is -0.600. The zero-order valence-electron chi connectivity index (χ0n) is 4.21. The molecule has 5 nitrogen and oxygen atoms in total. The molecular formula is C3H4N3O2. The zero-order chi connectivity index (χ0) is 6.15. The summed E-state index contributed by atoms with van der Waals surface area (Å²) in [5, 5.41) is 4.02. The SMILES string of the molecule is CN1NC(=O)[N]C1=O. The highest BCUT2D eigenvalue weighted by Crippen LogP contribution is 1.87. The van der Waals surface area contributed by atoms with Crippen LogP contribution in [0.3, 0.4) is 0 Å². The predicted octanol–water partition coefficient (Wildman–Crippen LogP) is -0.719. The van der Waals surface area contributed by atoms with Gasteiger partial charge in [-0.25, -0.2) is 20.0 Å². The van der Waals surface area contributed by atoms with E-state index in [0.29, 0.717) is 0 Å². The Morgan fingerprint density at radius 2 is 2.25 bits per heavy atom. The maximum absolute atomic E-state index is 10.3. The quantitative estimate of drug-likeness (QED) is 0.451. The molecule has 1 heterocycles. The van der Waals surface area contributed by atoms with Gasteiger partial charge in [0, 0.05) is 7.05 Å². The van der Waals surface area contributed by atoms with E-state index in [1.807, 2.05) is 0 Å². The Balaban J connectivity index is 2.64.